The van der Waals surface area contributed by atoms with Crippen LogP contribution in [0.2, 0.25) is 0 Å². The fourth-order valence-electron chi connectivity index (χ4n) is 8.64. The molecule has 9 rings (SSSR count). The van der Waals surface area contributed by atoms with Gasteiger partial charge in [0.2, 0.25) is 0 Å². The number of carbonyl (C=O) groups excluding carboxylic acids is 2. The van der Waals surface area contributed by atoms with Gasteiger partial charge in [-0.15, -0.1) is 0 Å². The second-order valence-corrected chi connectivity index (χ2v) is 19.8. The molecule has 0 saturated carbocycles. The van der Waals surface area contributed by atoms with Gasteiger partial charge in [0.05, 0.1) is 42.0 Å². The standard InChI is InChI=1S/C20H22F3N5O3.C19H21F3N4O3.C15H19F3N2O2.C4H5N3.C2H3N.CH3I/c1-3-5-13-15(7-6-14-17(13)31-27-18(14)20(21,22)23)30-11-4-10-28(2)19(29)26-16-8-9-24-12-25-16;1-3-5-13-15(7-6-14-16(13)29-24-17(14)19(20,21)22)28-11-4-9-25(2)18(27)26-10-8-23-12-26;1-3-5-10-12(21-9-4-8-19-2)7-6-11-13(10)22-20-14(11)15(16,17)18;5-4-1-2-6-3-7-4;1-2-3;1-2/h6-9,12H,3-5,10-11H2,1-2H3,(H,24,25,26,29);6-8,10,12H,3-5,9,11H2,1-2H3;6-7,19H,3-5,8-9H2,1-2H3;1-3H,(H2,5,6,7);1H3;1H3/i;;;;;1D. The normalized spacial score (nSPS) is 11.2. The van der Waals surface area contributed by atoms with Crippen LogP contribution in [0.3, 0.4) is 0 Å². The molecule has 0 aliphatic heterocycles. The largest absolute Gasteiger partial charge is 0.493 e. The summed E-state index contributed by atoms with van der Waals surface area (Å²) < 4.78 is 157. The summed E-state index contributed by atoms with van der Waals surface area (Å²) in [6.45, 7) is 9.93. The molecule has 0 saturated heterocycles. The van der Waals surface area contributed by atoms with Crippen molar-refractivity contribution in [1.29, 1.82) is 5.26 Å². The predicted molar refractivity (Wildman–Crippen MR) is 340 cm³/mol. The molecular weight excluding hydrogens is 1370 g/mol. The number of aromatic nitrogens is 9. The number of nitriles is 1. The summed E-state index contributed by atoms with van der Waals surface area (Å²) in [7, 11) is 5.16. The number of amides is 3. The summed E-state index contributed by atoms with van der Waals surface area (Å²) in [5.74, 6) is 2.39. The fraction of sp³-hybridized carbons (Fsp3) is 0.426. The van der Waals surface area contributed by atoms with Crippen LogP contribution >= 0.6 is 22.6 Å². The van der Waals surface area contributed by atoms with Crippen LogP contribution in [0.1, 0.15) is 101 Å². The van der Waals surface area contributed by atoms with E-state index in [1.807, 2.05) is 50.4 Å². The van der Waals surface area contributed by atoms with E-state index in [0.29, 0.717) is 122 Å². The molecule has 0 aliphatic rings. The van der Waals surface area contributed by atoms with E-state index in [0.717, 1.165) is 19.4 Å². The van der Waals surface area contributed by atoms with Gasteiger partial charge < -0.3 is 48.6 Å². The van der Waals surface area contributed by atoms with Gasteiger partial charge in [0, 0.05) is 77.0 Å². The van der Waals surface area contributed by atoms with E-state index in [1.165, 1.54) is 83.0 Å². The van der Waals surface area contributed by atoms with Crippen LogP contribution in [0.5, 0.6) is 17.2 Å². The van der Waals surface area contributed by atoms with Crippen LogP contribution in [-0.2, 0) is 37.8 Å². The van der Waals surface area contributed by atoms with E-state index in [1.54, 1.807) is 50.8 Å². The summed E-state index contributed by atoms with van der Waals surface area (Å²) in [4.78, 5) is 46.6. The predicted octanol–water partition coefficient (Wildman–Crippen LogP) is 14.3. The van der Waals surface area contributed by atoms with Gasteiger partial charge in [-0.25, -0.2) is 34.5 Å². The molecule has 0 unspecified atom stereocenters. The number of fused-ring (bicyclic) bond motifs is 3. The molecule has 23 nitrogen and oxygen atoms in total. The van der Waals surface area contributed by atoms with Gasteiger partial charge >= 0.3 is 30.6 Å². The Morgan fingerprint density at radius 2 is 1.05 bits per heavy atom. The van der Waals surface area contributed by atoms with Crippen molar-refractivity contribution in [1.82, 2.24) is 60.1 Å². The molecule has 9 aromatic rings. The van der Waals surface area contributed by atoms with Gasteiger partial charge in [0.1, 0.15) is 47.9 Å². The number of nitrogen functional groups attached to an aromatic ring is 1. The highest BCUT2D eigenvalue weighted by molar-refractivity contribution is 14.1. The SMILES string of the molecule is CC#N.CCCc1c(OCCCN(C)C(=O)Nc2ccncn2)ccc2c(C(F)(F)F)noc12.CCCc1c(OCCCN(C)C(=O)n2ccnc2)ccc2c(C(F)(F)F)noc12.CCCc1c(OCCCNC)ccc2c(C(F)(F)F)noc12.Nc1ccncn1.[2H]CI. The number of rotatable bonds is 22. The number of nitrogens with two attached hydrogens (primary N) is 1. The van der Waals surface area contributed by atoms with Crippen molar-refractivity contribution in [3.05, 3.63) is 126 Å². The Kier molecular flexibility index (Phi) is 31.2. The van der Waals surface area contributed by atoms with E-state index in [4.69, 9.17) is 40.1 Å². The molecule has 6 heterocycles. The summed E-state index contributed by atoms with van der Waals surface area (Å²) in [6.07, 6.45) is 2.29. The number of aryl methyl sites for hydroxylation is 3. The molecule has 510 valence electrons. The Morgan fingerprint density at radius 3 is 1.38 bits per heavy atom. The van der Waals surface area contributed by atoms with E-state index in [9.17, 15) is 49.1 Å². The van der Waals surface area contributed by atoms with Crippen LogP contribution in [0.25, 0.3) is 32.9 Å². The molecule has 0 aliphatic carbocycles. The highest BCUT2D eigenvalue weighted by Crippen LogP contribution is 2.41. The third-order valence-electron chi connectivity index (χ3n) is 12.8. The summed E-state index contributed by atoms with van der Waals surface area (Å²) in [6, 6.07) is 13.0. The first-order valence-electron chi connectivity index (χ1n) is 29.7. The van der Waals surface area contributed by atoms with Crippen molar-refractivity contribution >= 4 is 79.2 Å². The number of nitrogens with zero attached hydrogens (tertiary/aromatic N) is 12. The van der Waals surface area contributed by atoms with Crippen molar-refractivity contribution in [2.45, 2.75) is 104 Å². The van der Waals surface area contributed by atoms with Crippen LogP contribution in [0, 0.1) is 11.3 Å². The number of hydrogen-bond acceptors (Lipinski definition) is 19. The molecule has 33 heteroatoms. The minimum atomic E-state index is -4.59. The number of carbonyl (C=O) groups is 2. The number of imidazole rings is 1. The minimum absolute atomic E-state index is 0.0153. The number of hydrogen-bond donors (Lipinski definition) is 3. The van der Waals surface area contributed by atoms with E-state index < -0.39 is 35.6 Å². The lowest BCUT2D eigenvalue weighted by molar-refractivity contribution is -0.142. The van der Waals surface area contributed by atoms with Gasteiger partial charge in [0.15, 0.2) is 33.8 Å². The van der Waals surface area contributed by atoms with Gasteiger partial charge in [-0.1, -0.05) is 78.1 Å². The zero-order valence-electron chi connectivity index (χ0n) is 53.5. The average molecular weight is 1440 g/mol. The first-order valence-corrected chi connectivity index (χ1v) is 30.5. The molecule has 0 spiro atoms. The van der Waals surface area contributed by atoms with E-state index in [-0.39, 0.29) is 51.6 Å². The molecule has 0 atom stereocenters. The Morgan fingerprint density at radius 1 is 0.649 bits per heavy atom. The van der Waals surface area contributed by atoms with Crippen LogP contribution in [-0.4, -0.2) is 132 Å². The zero-order valence-corrected chi connectivity index (χ0v) is 54.6. The maximum absolute atomic E-state index is 13.1. The Hall–Kier alpha value is -9.07. The zero-order chi connectivity index (χ0) is 70.1. The highest BCUT2D eigenvalue weighted by Gasteiger charge is 2.40. The third-order valence-corrected chi connectivity index (χ3v) is 12.8. The maximum atomic E-state index is 13.1. The van der Waals surface area contributed by atoms with Crippen LogP contribution in [0.15, 0.2) is 106 Å². The number of benzene rings is 3. The summed E-state index contributed by atoms with van der Waals surface area (Å²) in [5.41, 5.74) is 4.28. The van der Waals surface area contributed by atoms with Crippen molar-refractivity contribution in [2.24, 2.45) is 0 Å². The maximum Gasteiger partial charge on any atom is 0.437 e. The average Bonchev–Trinajstić information content (AvgIpc) is 1.68. The lowest BCUT2D eigenvalue weighted by atomic mass is 10.0. The van der Waals surface area contributed by atoms with Gasteiger partial charge in [-0.3, -0.25) is 9.88 Å². The van der Waals surface area contributed by atoms with E-state index >= 15 is 0 Å². The molecular formula is C61H73F9IN15O8. The molecule has 94 heavy (non-hydrogen) atoms. The topological polar surface area (TPSA) is 290 Å². The Labute approximate surface area is 550 Å². The molecule has 0 bridgehead atoms. The number of urea groups is 1. The van der Waals surface area contributed by atoms with Crippen LogP contribution < -0.4 is 30.6 Å². The lowest BCUT2D eigenvalue weighted by Gasteiger charge is -2.18. The number of alkyl halides is 10. The molecule has 4 N–H and O–H groups in total. The van der Waals surface area contributed by atoms with Crippen LogP contribution in [0.4, 0.5) is 60.7 Å². The molecule has 0 radical (unpaired) electrons. The third kappa shape index (κ3) is 23.2. The molecule has 0 fully saturated rings. The first kappa shape index (κ1) is 75.6. The second kappa shape index (κ2) is 38.8. The molecule has 3 aromatic carbocycles. The lowest BCUT2D eigenvalue weighted by Crippen LogP contribution is -2.33. The smallest absolute Gasteiger partial charge is 0.437 e. The molecule has 3 amide bonds. The summed E-state index contributed by atoms with van der Waals surface area (Å²) >= 11 is 1.96. The number of ether oxygens (including phenoxy) is 3. The Bertz CT molecular complexity index is 3760. The monoisotopic (exact) mass is 1440 g/mol. The number of halogens is 10. The summed E-state index contributed by atoms with van der Waals surface area (Å²) in [5, 5.41) is 22.4. The minimum Gasteiger partial charge on any atom is -0.493 e. The number of nitrogens with one attached hydrogen (secondary N) is 2. The second-order valence-electron chi connectivity index (χ2n) is 19.8. The quantitative estimate of drug-likeness (QED) is 0.0246. The van der Waals surface area contributed by atoms with Crippen molar-refractivity contribution < 1.29 is 78.3 Å². The highest BCUT2D eigenvalue weighted by atomic mass is 127. The van der Waals surface area contributed by atoms with Gasteiger partial charge in [-0.05, 0) is 106 Å². The van der Waals surface area contributed by atoms with Gasteiger partial charge in [-0.2, -0.15) is 44.8 Å². The van der Waals surface area contributed by atoms with Crippen molar-refractivity contribution in [3.8, 4) is 23.3 Å². The molecule has 6 aromatic heterocycles. The number of anilines is 2. The van der Waals surface area contributed by atoms with Gasteiger partial charge in [0.25, 0.3) is 0 Å². The first-order chi connectivity index (χ1) is 45.3. The Balaban J connectivity index is 0.000000279. The van der Waals surface area contributed by atoms with Crippen molar-refractivity contribution in [2.75, 3.05) is 76.6 Å². The van der Waals surface area contributed by atoms with Crippen molar-refractivity contribution in [3.63, 3.8) is 0 Å². The van der Waals surface area contributed by atoms with E-state index in [2.05, 4.69) is 51.0 Å². The fourth-order valence-corrected chi connectivity index (χ4v) is 8.64.